The molecule has 0 amide bonds. The Hall–Kier alpha value is -0.0800. The van der Waals surface area contributed by atoms with Crippen molar-refractivity contribution in [2.75, 3.05) is 13.2 Å². The van der Waals surface area contributed by atoms with Gasteiger partial charge in [0.05, 0.1) is 12.2 Å². The molecule has 0 aromatic carbocycles. The maximum absolute atomic E-state index is 5.77. The smallest absolute Gasteiger partial charge is 0.0831 e. The Kier molecular flexibility index (Phi) is 10.4. The normalized spacial score (nSPS) is 15.2. The lowest BCUT2D eigenvalue weighted by Crippen LogP contribution is -2.28. The van der Waals surface area contributed by atoms with E-state index in [1.807, 2.05) is 6.92 Å². The van der Waals surface area contributed by atoms with Crippen LogP contribution in [0.5, 0.6) is 0 Å². The van der Waals surface area contributed by atoms with E-state index in [4.69, 9.17) is 9.47 Å². The van der Waals surface area contributed by atoms with Gasteiger partial charge in [0.2, 0.25) is 0 Å². The zero-order valence-electron chi connectivity index (χ0n) is 10.9. The molecule has 0 aliphatic heterocycles. The van der Waals surface area contributed by atoms with Crippen LogP contribution in [0.3, 0.4) is 0 Å². The highest BCUT2D eigenvalue weighted by Gasteiger charge is 2.15. The summed E-state index contributed by atoms with van der Waals surface area (Å²) in [7, 11) is 0. The monoisotopic (exact) mass is 216 g/mol. The summed E-state index contributed by atoms with van der Waals surface area (Å²) in [4.78, 5) is 0. The van der Waals surface area contributed by atoms with Crippen LogP contribution in [0.1, 0.15) is 59.8 Å². The van der Waals surface area contributed by atoms with Crippen LogP contribution in [0.4, 0.5) is 0 Å². The van der Waals surface area contributed by atoms with Gasteiger partial charge in [-0.05, 0) is 26.7 Å². The molecule has 0 fully saturated rings. The minimum atomic E-state index is 0.233. The highest BCUT2D eigenvalue weighted by molar-refractivity contribution is 4.64. The quantitative estimate of drug-likeness (QED) is 0.517. The van der Waals surface area contributed by atoms with Gasteiger partial charge < -0.3 is 9.47 Å². The van der Waals surface area contributed by atoms with Crippen molar-refractivity contribution in [3.63, 3.8) is 0 Å². The third kappa shape index (κ3) is 7.80. The van der Waals surface area contributed by atoms with Gasteiger partial charge in [0.25, 0.3) is 0 Å². The molecule has 15 heavy (non-hydrogen) atoms. The molecule has 0 saturated heterocycles. The Balaban J connectivity index is 3.48. The predicted molar refractivity (Wildman–Crippen MR) is 65.3 cm³/mol. The van der Waals surface area contributed by atoms with E-state index in [0.29, 0.717) is 0 Å². The average Bonchev–Trinajstić information content (AvgIpc) is 2.25. The summed E-state index contributed by atoms with van der Waals surface area (Å²) in [5, 5.41) is 0. The second kappa shape index (κ2) is 10.4. The first kappa shape index (κ1) is 14.9. The summed E-state index contributed by atoms with van der Waals surface area (Å²) >= 11 is 0. The molecule has 0 heterocycles. The summed E-state index contributed by atoms with van der Waals surface area (Å²) in [5.41, 5.74) is 0. The van der Waals surface area contributed by atoms with E-state index in [1.54, 1.807) is 0 Å². The first-order valence-electron chi connectivity index (χ1n) is 6.49. The lowest BCUT2D eigenvalue weighted by Gasteiger charge is -2.22. The van der Waals surface area contributed by atoms with Crippen molar-refractivity contribution in [3.05, 3.63) is 0 Å². The van der Waals surface area contributed by atoms with E-state index in [9.17, 15) is 0 Å². The van der Waals surface area contributed by atoms with Gasteiger partial charge in [0.1, 0.15) is 0 Å². The Labute approximate surface area is 95.3 Å². The van der Waals surface area contributed by atoms with Crippen molar-refractivity contribution in [3.8, 4) is 0 Å². The van der Waals surface area contributed by atoms with Crippen LogP contribution in [0.2, 0.25) is 0 Å². The highest BCUT2D eigenvalue weighted by Crippen LogP contribution is 2.09. The predicted octanol–water partition coefficient (Wildman–Crippen LogP) is 3.79. The molecule has 0 aliphatic rings. The van der Waals surface area contributed by atoms with Gasteiger partial charge >= 0.3 is 0 Å². The minimum Gasteiger partial charge on any atom is -0.376 e. The molecule has 0 rings (SSSR count). The first-order chi connectivity index (χ1) is 7.26. The number of rotatable bonds is 10. The molecule has 0 aliphatic carbocycles. The van der Waals surface area contributed by atoms with Crippen LogP contribution >= 0.6 is 0 Å². The summed E-state index contributed by atoms with van der Waals surface area (Å²) < 4.78 is 11.4. The topological polar surface area (TPSA) is 18.5 Å². The van der Waals surface area contributed by atoms with E-state index in [1.165, 1.54) is 25.7 Å². The lowest BCUT2D eigenvalue weighted by atomic mass is 10.1. The summed E-state index contributed by atoms with van der Waals surface area (Å²) in [6.45, 7) is 10.2. The van der Waals surface area contributed by atoms with Crippen molar-refractivity contribution in [2.45, 2.75) is 72.0 Å². The van der Waals surface area contributed by atoms with Crippen LogP contribution in [-0.4, -0.2) is 25.4 Å². The fraction of sp³-hybridized carbons (Fsp3) is 1.00. The SMILES string of the molecule is CCCCCCOC(C)[C@H](CC)OCC. The lowest BCUT2D eigenvalue weighted by molar-refractivity contribution is -0.0634. The number of ether oxygens (including phenoxy) is 2. The van der Waals surface area contributed by atoms with Gasteiger partial charge in [-0.2, -0.15) is 0 Å². The second-order valence-corrected chi connectivity index (χ2v) is 4.04. The van der Waals surface area contributed by atoms with Crippen LogP contribution in [0.15, 0.2) is 0 Å². The maximum atomic E-state index is 5.77. The van der Waals surface area contributed by atoms with Crippen molar-refractivity contribution in [1.29, 1.82) is 0 Å². The third-order valence-electron chi connectivity index (χ3n) is 2.69. The number of hydrogen-bond acceptors (Lipinski definition) is 2. The Morgan fingerprint density at radius 3 is 2.20 bits per heavy atom. The Bertz CT molecular complexity index is 126. The molecule has 2 heteroatoms. The molecular weight excluding hydrogens is 188 g/mol. The molecule has 2 nitrogen and oxygen atoms in total. The van der Waals surface area contributed by atoms with Crippen molar-refractivity contribution < 1.29 is 9.47 Å². The molecule has 92 valence electrons. The zero-order chi connectivity index (χ0) is 11.5. The standard InChI is InChI=1S/C13H28O2/c1-5-8-9-10-11-15-12(4)13(6-2)14-7-3/h12-13H,5-11H2,1-4H3/t12?,13-/m0/s1. The van der Waals surface area contributed by atoms with E-state index in [2.05, 4.69) is 20.8 Å². The van der Waals surface area contributed by atoms with Crippen LogP contribution in [0.25, 0.3) is 0 Å². The van der Waals surface area contributed by atoms with Crippen LogP contribution in [0, 0.1) is 0 Å². The second-order valence-electron chi connectivity index (χ2n) is 4.04. The van der Waals surface area contributed by atoms with Gasteiger partial charge in [-0.3, -0.25) is 0 Å². The molecule has 0 N–H and O–H groups in total. The number of unbranched alkanes of at least 4 members (excludes halogenated alkanes) is 3. The first-order valence-corrected chi connectivity index (χ1v) is 6.49. The van der Waals surface area contributed by atoms with Gasteiger partial charge in [0, 0.05) is 13.2 Å². The molecule has 1 unspecified atom stereocenters. The number of hydrogen-bond donors (Lipinski definition) is 0. The Morgan fingerprint density at radius 1 is 0.933 bits per heavy atom. The summed E-state index contributed by atoms with van der Waals surface area (Å²) in [5.74, 6) is 0. The van der Waals surface area contributed by atoms with E-state index < -0.39 is 0 Å². The maximum Gasteiger partial charge on any atom is 0.0831 e. The third-order valence-corrected chi connectivity index (χ3v) is 2.69. The molecule has 0 aromatic rings. The van der Waals surface area contributed by atoms with E-state index in [-0.39, 0.29) is 12.2 Å². The largest absolute Gasteiger partial charge is 0.376 e. The van der Waals surface area contributed by atoms with Crippen LogP contribution in [-0.2, 0) is 9.47 Å². The molecule has 0 radical (unpaired) electrons. The average molecular weight is 216 g/mol. The van der Waals surface area contributed by atoms with E-state index >= 15 is 0 Å². The van der Waals surface area contributed by atoms with Crippen molar-refractivity contribution >= 4 is 0 Å². The molecule has 2 atom stereocenters. The van der Waals surface area contributed by atoms with Gasteiger partial charge in [0.15, 0.2) is 0 Å². The van der Waals surface area contributed by atoms with Gasteiger partial charge in [-0.15, -0.1) is 0 Å². The molecule has 0 saturated carbocycles. The highest BCUT2D eigenvalue weighted by atomic mass is 16.5. The molecule has 0 spiro atoms. The molecular formula is C13H28O2. The zero-order valence-corrected chi connectivity index (χ0v) is 10.9. The fourth-order valence-corrected chi connectivity index (χ4v) is 1.70. The fourth-order valence-electron chi connectivity index (χ4n) is 1.70. The van der Waals surface area contributed by atoms with Crippen molar-refractivity contribution in [1.82, 2.24) is 0 Å². The summed E-state index contributed by atoms with van der Waals surface area (Å²) in [6.07, 6.45) is 6.60. The van der Waals surface area contributed by atoms with Gasteiger partial charge in [-0.1, -0.05) is 33.1 Å². The molecule has 0 aromatic heterocycles. The minimum absolute atomic E-state index is 0.233. The van der Waals surface area contributed by atoms with E-state index in [0.717, 1.165) is 19.6 Å². The molecule has 0 bridgehead atoms. The van der Waals surface area contributed by atoms with Crippen molar-refractivity contribution in [2.24, 2.45) is 0 Å². The summed E-state index contributed by atoms with van der Waals surface area (Å²) in [6, 6.07) is 0. The Morgan fingerprint density at radius 2 is 1.67 bits per heavy atom. The van der Waals surface area contributed by atoms with Crippen LogP contribution < -0.4 is 0 Å². The van der Waals surface area contributed by atoms with Gasteiger partial charge in [-0.25, -0.2) is 0 Å².